The normalized spacial score (nSPS) is 12.8. The average molecular weight is 403 g/mol. The fraction of sp³-hybridized carbons (Fsp3) is 0.294. The van der Waals surface area contributed by atoms with Crippen LogP contribution in [0.2, 0.25) is 0 Å². The maximum Gasteiger partial charge on any atom is 0.234 e. The van der Waals surface area contributed by atoms with E-state index in [0.29, 0.717) is 36.0 Å². The number of nitrogens with one attached hydrogen (secondary N) is 1. The van der Waals surface area contributed by atoms with Crippen molar-refractivity contribution in [2.45, 2.75) is 5.03 Å². The first kappa shape index (κ1) is 17.8. The molecule has 1 amide bonds. The molecule has 0 unspecified atom stereocenters. The number of thioether (sulfide) groups is 1. The van der Waals surface area contributed by atoms with Crippen molar-refractivity contribution in [3.05, 3.63) is 24.5 Å². The van der Waals surface area contributed by atoms with E-state index >= 15 is 0 Å². The van der Waals surface area contributed by atoms with Crippen LogP contribution in [0.25, 0.3) is 10.3 Å². The van der Waals surface area contributed by atoms with E-state index in [9.17, 15) is 4.79 Å². The number of hydrogen-bond donors (Lipinski definition) is 1. The lowest BCUT2D eigenvalue weighted by atomic mass is 10.2. The first-order chi connectivity index (χ1) is 13.1. The van der Waals surface area contributed by atoms with Gasteiger partial charge in [0.15, 0.2) is 22.3 Å². The van der Waals surface area contributed by atoms with Crippen molar-refractivity contribution in [3.8, 4) is 11.5 Å². The molecule has 10 heteroatoms. The predicted octanol–water partition coefficient (Wildman–Crippen LogP) is 2.65. The Morgan fingerprint density at radius 1 is 1.26 bits per heavy atom. The number of carbonyl (C=O) groups excluding carboxylic acids is 1. The highest BCUT2D eigenvalue weighted by atomic mass is 32.2. The summed E-state index contributed by atoms with van der Waals surface area (Å²) in [6, 6.07) is 5.36. The Labute approximate surface area is 163 Å². The van der Waals surface area contributed by atoms with Crippen LogP contribution in [-0.4, -0.2) is 53.9 Å². The van der Waals surface area contributed by atoms with E-state index in [1.807, 2.05) is 19.0 Å². The highest BCUT2D eigenvalue weighted by Gasteiger charge is 2.15. The summed E-state index contributed by atoms with van der Waals surface area (Å²) in [6.45, 7) is 1.05. The molecule has 0 fully saturated rings. The number of amides is 1. The molecule has 0 spiro atoms. The molecular weight excluding hydrogens is 386 g/mol. The maximum absolute atomic E-state index is 12.3. The van der Waals surface area contributed by atoms with Crippen LogP contribution < -0.4 is 19.7 Å². The Morgan fingerprint density at radius 2 is 2.07 bits per heavy atom. The Bertz CT molecular complexity index is 992. The number of nitrogens with zero attached hydrogens (tertiary/aromatic N) is 4. The molecule has 0 aliphatic carbocycles. The summed E-state index contributed by atoms with van der Waals surface area (Å²) in [6.07, 6.45) is 1.47. The van der Waals surface area contributed by atoms with Gasteiger partial charge in [-0.15, -0.1) is 0 Å². The minimum Gasteiger partial charge on any atom is -0.486 e. The maximum atomic E-state index is 12.3. The molecule has 140 valence electrons. The molecule has 2 aromatic heterocycles. The van der Waals surface area contributed by atoms with Crippen LogP contribution in [0.1, 0.15) is 0 Å². The number of hydrogen-bond acceptors (Lipinski definition) is 9. The topological polar surface area (TPSA) is 89.5 Å². The van der Waals surface area contributed by atoms with Crippen molar-refractivity contribution >= 4 is 50.2 Å². The molecule has 0 atom stereocenters. The van der Waals surface area contributed by atoms with Gasteiger partial charge in [-0.3, -0.25) is 4.79 Å². The molecule has 1 N–H and O–H groups in total. The number of fused-ring (bicyclic) bond motifs is 2. The summed E-state index contributed by atoms with van der Waals surface area (Å²) in [4.78, 5) is 27.2. The minimum absolute atomic E-state index is 0.124. The second-order valence-corrected chi connectivity index (χ2v) is 7.86. The smallest absolute Gasteiger partial charge is 0.234 e. The molecular formula is C17H17N5O3S2. The third kappa shape index (κ3) is 3.91. The largest absolute Gasteiger partial charge is 0.486 e. The molecule has 3 aromatic rings. The van der Waals surface area contributed by atoms with Gasteiger partial charge < -0.3 is 19.7 Å². The monoisotopic (exact) mass is 403 g/mol. The van der Waals surface area contributed by atoms with Crippen molar-refractivity contribution in [2.75, 3.05) is 43.3 Å². The zero-order valence-corrected chi connectivity index (χ0v) is 16.4. The van der Waals surface area contributed by atoms with E-state index in [-0.39, 0.29) is 11.7 Å². The standard InChI is InChI=1S/C17H17N5O3S2/c1-22(2)17-21-15-14(27-17)16(19-9-18-15)26-8-13(23)20-10-3-4-11-12(7-10)25-6-5-24-11/h3-4,7,9H,5-6,8H2,1-2H3,(H,20,23). The average Bonchev–Trinajstić information content (AvgIpc) is 3.11. The van der Waals surface area contributed by atoms with E-state index in [0.717, 1.165) is 14.9 Å². The van der Waals surface area contributed by atoms with Gasteiger partial charge >= 0.3 is 0 Å². The van der Waals surface area contributed by atoms with Gasteiger partial charge in [0.1, 0.15) is 29.3 Å². The molecule has 1 aromatic carbocycles. The fourth-order valence-corrected chi connectivity index (χ4v) is 4.28. The molecule has 0 saturated heterocycles. The SMILES string of the molecule is CN(C)c1nc2ncnc(SCC(=O)Nc3ccc4c(c3)OCCO4)c2s1. The van der Waals surface area contributed by atoms with Crippen LogP contribution in [0.5, 0.6) is 11.5 Å². The number of benzene rings is 1. The molecule has 0 radical (unpaired) electrons. The number of thiazole rings is 1. The van der Waals surface area contributed by atoms with Crippen LogP contribution in [0, 0.1) is 0 Å². The summed E-state index contributed by atoms with van der Waals surface area (Å²) in [5.41, 5.74) is 1.32. The molecule has 3 heterocycles. The first-order valence-electron chi connectivity index (χ1n) is 8.21. The van der Waals surface area contributed by atoms with E-state index in [1.165, 1.54) is 29.4 Å². The van der Waals surface area contributed by atoms with E-state index < -0.39 is 0 Å². The minimum atomic E-state index is -0.124. The molecule has 0 saturated carbocycles. The van der Waals surface area contributed by atoms with Crippen molar-refractivity contribution in [1.29, 1.82) is 0 Å². The van der Waals surface area contributed by atoms with Crippen molar-refractivity contribution < 1.29 is 14.3 Å². The molecule has 1 aliphatic rings. The van der Waals surface area contributed by atoms with E-state index in [2.05, 4.69) is 20.3 Å². The Morgan fingerprint density at radius 3 is 2.89 bits per heavy atom. The van der Waals surface area contributed by atoms with Crippen LogP contribution in [0.4, 0.5) is 10.8 Å². The quantitative estimate of drug-likeness (QED) is 0.514. The van der Waals surface area contributed by atoms with Gasteiger partial charge in [-0.25, -0.2) is 9.97 Å². The number of rotatable bonds is 5. The third-order valence-electron chi connectivity index (χ3n) is 3.70. The molecule has 8 nitrogen and oxygen atoms in total. The number of carbonyl (C=O) groups is 1. The van der Waals surface area contributed by atoms with E-state index in [1.54, 1.807) is 18.2 Å². The lowest BCUT2D eigenvalue weighted by Gasteiger charge is -2.18. The highest BCUT2D eigenvalue weighted by Crippen LogP contribution is 2.34. The summed E-state index contributed by atoms with van der Waals surface area (Å²) in [5.74, 6) is 1.44. The first-order valence-corrected chi connectivity index (χ1v) is 10.0. The number of aromatic nitrogens is 3. The van der Waals surface area contributed by atoms with Crippen LogP contribution in [0.15, 0.2) is 29.6 Å². The zero-order chi connectivity index (χ0) is 18.8. The fourth-order valence-electron chi connectivity index (χ4n) is 2.47. The molecule has 4 rings (SSSR count). The van der Waals surface area contributed by atoms with Crippen molar-refractivity contribution in [3.63, 3.8) is 0 Å². The Kier molecular flexibility index (Phi) is 4.99. The van der Waals surface area contributed by atoms with Gasteiger partial charge in [0.05, 0.1) is 5.75 Å². The zero-order valence-electron chi connectivity index (χ0n) is 14.8. The van der Waals surface area contributed by atoms with Gasteiger partial charge in [-0.1, -0.05) is 23.1 Å². The lowest BCUT2D eigenvalue weighted by molar-refractivity contribution is -0.113. The molecule has 0 bridgehead atoms. The lowest BCUT2D eigenvalue weighted by Crippen LogP contribution is -2.17. The van der Waals surface area contributed by atoms with E-state index in [4.69, 9.17) is 9.47 Å². The summed E-state index contributed by atoms with van der Waals surface area (Å²) in [5, 5.41) is 4.48. The van der Waals surface area contributed by atoms with Gasteiger partial charge in [0.2, 0.25) is 5.91 Å². The second-order valence-electron chi connectivity index (χ2n) is 5.92. The summed E-state index contributed by atoms with van der Waals surface area (Å²) >= 11 is 2.87. The third-order valence-corrected chi connectivity index (χ3v) is 6.03. The van der Waals surface area contributed by atoms with Crippen LogP contribution in [-0.2, 0) is 4.79 Å². The van der Waals surface area contributed by atoms with Gasteiger partial charge in [-0.2, -0.15) is 4.98 Å². The molecule has 27 heavy (non-hydrogen) atoms. The van der Waals surface area contributed by atoms with Gasteiger partial charge in [0, 0.05) is 25.8 Å². The predicted molar refractivity (Wildman–Crippen MR) is 106 cm³/mol. The Hall–Kier alpha value is -2.59. The van der Waals surface area contributed by atoms with Crippen molar-refractivity contribution in [2.24, 2.45) is 0 Å². The number of ether oxygens (including phenoxy) is 2. The Balaban J connectivity index is 1.43. The van der Waals surface area contributed by atoms with Crippen LogP contribution >= 0.6 is 23.1 Å². The van der Waals surface area contributed by atoms with Crippen LogP contribution in [0.3, 0.4) is 0 Å². The van der Waals surface area contributed by atoms with Gasteiger partial charge in [-0.05, 0) is 12.1 Å². The highest BCUT2D eigenvalue weighted by molar-refractivity contribution is 8.00. The van der Waals surface area contributed by atoms with Gasteiger partial charge in [0.25, 0.3) is 0 Å². The summed E-state index contributed by atoms with van der Waals surface area (Å²) in [7, 11) is 3.86. The number of anilines is 2. The van der Waals surface area contributed by atoms with Crippen molar-refractivity contribution in [1.82, 2.24) is 15.0 Å². The summed E-state index contributed by atoms with van der Waals surface area (Å²) < 4.78 is 11.9. The molecule has 1 aliphatic heterocycles. The second kappa shape index (κ2) is 7.57.